The molecule has 0 aliphatic carbocycles. The number of methoxy groups -OCH3 is 1. The first kappa shape index (κ1) is 21.3. The molecule has 3 rings (SSSR count). The van der Waals surface area contributed by atoms with Crippen LogP contribution < -0.4 is 10.1 Å². The van der Waals surface area contributed by atoms with Crippen molar-refractivity contribution in [3.8, 4) is 5.75 Å². The zero-order valence-electron chi connectivity index (χ0n) is 14.5. The van der Waals surface area contributed by atoms with E-state index in [1.165, 1.54) is 13.3 Å². The molecule has 0 radical (unpaired) electrons. The first-order valence-corrected chi connectivity index (χ1v) is 8.58. The number of aliphatic hydroxyl groups is 1. The number of aliphatic hydroxyl groups excluding tert-OH is 1. The van der Waals surface area contributed by atoms with Gasteiger partial charge in [0.05, 0.1) is 40.0 Å². The Morgan fingerprint density at radius 3 is 2.41 bits per heavy atom. The Kier molecular flexibility index (Phi) is 6.89. The summed E-state index contributed by atoms with van der Waals surface area (Å²) in [5, 5.41) is 13.9. The fraction of sp³-hybridized carbons (Fsp3) is 0.158. The number of nitrogens with one attached hydrogen (secondary N) is 1. The third-order valence-corrected chi connectivity index (χ3v) is 4.60. The fourth-order valence-corrected chi connectivity index (χ4v) is 3.31. The van der Waals surface area contributed by atoms with Gasteiger partial charge >= 0.3 is 0 Å². The van der Waals surface area contributed by atoms with E-state index < -0.39 is 12.0 Å². The number of hydrogen-bond acceptors (Lipinski definition) is 4. The number of aromatic nitrogens is 1. The van der Waals surface area contributed by atoms with Crippen molar-refractivity contribution < 1.29 is 14.6 Å². The normalized spacial score (nSPS) is 11.6. The highest BCUT2D eigenvalue weighted by Gasteiger charge is 2.18. The number of ether oxygens (including phenoxy) is 1. The lowest BCUT2D eigenvalue weighted by atomic mass is 10.1. The molecule has 3 aromatic rings. The summed E-state index contributed by atoms with van der Waals surface area (Å²) >= 11 is 12.2. The molecular formula is C19H17Cl3N2O3. The molecule has 0 aliphatic rings. The number of para-hydroxylation sites is 1. The van der Waals surface area contributed by atoms with Crippen LogP contribution in [-0.4, -0.2) is 23.1 Å². The van der Waals surface area contributed by atoms with Crippen LogP contribution in [0.1, 0.15) is 28.9 Å². The number of hydrogen-bond donors (Lipinski definition) is 2. The lowest BCUT2D eigenvalue weighted by molar-refractivity contribution is 0.102. The van der Waals surface area contributed by atoms with Crippen molar-refractivity contribution in [3.63, 3.8) is 0 Å². The average Bonchev–Trinajstić information content (AvgIpc) is 2.60. The maximum absolute atomic E-state index is 12.7. The van der Waals surface area contributed by atoms with Gasteiger partial charge in [0, 0.05) is 17.1 Å². The molecule has 0 saturated carbocycles. The van der Waals surface area contributed by atoms with Gasteiger partial charge in [0.1, 0.15) is 5.75 Å². The molecule has 0 bridgehead atoms. The predicted molar refractivity (Wildman–Crippen MR) is 111 cm³/mol. The van der Waals surface area contributed by atoms with E-state index in [4.69, 9.17) is 27.9 Å². The van der Waals surface area contributed by atoms with Crippen LogP contribution in [-0.2, 0) is 0 Å². The van der Waals surface area contributed by atoms with E-state index in [1.54, 1.807) is 37.3 Å². The molecule has 2 aromatic carbocycles. The Hall–Kier alpha value is -2.05. The van der Waals surface area contributed by atoms with Gasteiger partial charge in [0.2, 0.25) is 0 Å². The van der Waals surface area contributed by atoms with E-state index in [1.807, 2.05) is 6.07 Å². The molecule has 1 amide bonds. The van der Waals surface area contributed by atoms with Gasteiger partial charge in [0.25, 0.3) is 5.91 Å². The van der Waals surface area contributed by atoms with E-state index in [2.05, 4.69) is 10.3 Å². The van der Waals surface area contributed by atoms with E-state index in [0.29, 0.717) is 27.9 Å². The number of anilines is 1. The van der Waals surface area contributed by atoms with Crippen LogP contribution in [0, 0.1) is 0 Å². The van der Waals surface area contributed by atoms with Crippen LogP contribution >= 0.6 is 35.6 Å². The highest BCUT2D eigenvalue weighted by molar-refractivity contribution is 6.40. The second-order valence-corrected chi connectivity index (χ2v) is 6.49. The summed E-state index contributed by atoms with van der Waals surface area (Å²) in [5.74, 6) is 0.0744. The SMILES string of the molecule is COc1c(C(C)O)cnc2c(NC(=O)c3c(Cl)cccc3Cl)cccc12.Cl. The molecule has 0 spiro atoms. The van der Waals surface area contributed by atoms with Gasteiger partial charge in [-0.3, -0.25) is 9.78 Å². The molecular weight excluding hydrogens is 411 g/mol. The van der Waals surface area contributed by atoms with Crippen LogP contribution in [0.25, 0.3) is 10.9 Å². The number of amides is 1. The van der Waals surface area contributed by atoms with Gasteiger partial charge in [-0.25, -0.2) is 0 Å². The second kappa shape index (κ2) is 8.76. The summed E-state index contributed by atoms with van der Waals surface area (Å²) < 4.78 is 5.45. The Morgan fingerprint density at radius 1 is 1.19 bits per heavy atom. The summed E-state index contributed by atoms with van der Waals surface area (Å²) in [5.41, 5.74) is 1.78. The van der Waals surface area contributed by atoms with Gasteiger partial charge in [-0.15, -0.1) is 12.4 Å². The van der Waals surface area contributed by atoms with Crippen molar-refractivity contribution in [1.82, 2.24) is 4.98 Å². The first-order chi connectivity index (χ1) is 12.4. The highest BCUT2D eigenvalue weighted by atomic mass is 35.5. The maximum atomic E-state index is 12.7. The topological polar surface area (TPSA) is 71.5 Å². The number of fused-ring (bicyclic) bond motifs is 1. The van der Waals surface area contributed by atoms with Crippen LogP contribution in [0.3, 0.4) is 0 Å². The third-order valence-electron chi connectivity index (χ3n) is 3.97. The third kappa shape index (κ3) is 4.12. The molecule has 142 valence electrons. The summed E-state index contributed by atoms with van der Waals surface area (Å²) in [6, 6.07) is 10.2. The second-order valence-electron chi connectivity index (χ2n) is 5.68. The van der Waals surface area contributed by atoms with Gasteiger partial charge in [-0.1, -0.05) is 35.3 Å². The minimum absolute atomic E-state index is 0. The standard InChI is InChI=1S/C19H16Cl2N2O3.ClH/c1-10(24)12-9-22-17-11(18(12)26-2)5-3-8-15(17)23-19(25)16-13(20)6-4-7-14(16)21;/h3-10,24H,1-2H3,(H,23,25);1H. The van der Waals surface area contributed by atoms with E-state index in [9.17, 15) is 9.90 Å². The molecule has 8 heteroatoms. The smallest absolute Gasteiger partial charge is 0.258 e. The lowest BCUT2D eigenvalue weighted by Crippen LogP contribution is -2.14. The van der Waals surface area contributed by atoms with Crippen LogP contribution in [0.15, 0.2) is 42.6 Å². The Bertz CT molecular complexity index is 973. The summed E-state index contributed by atoms with van der Waals surface area (Å²) in [6.45, 7) is 1.64. The zero-order chi connectivity index (χ0) is 18.8. The number of benzene rings is 2. The predicted octanol–water partition coefficient (Wildman–Crippen LogP) is 5.28. The lowest BCUT2D eigenvalue weighted by Gasteiger charge is -2.15. The number of nitrogens with zero attached hydrogens (tertiary/aromatic N) is 1. The monoisotopic (exact) mass is 426 g/mol. The number of pyridine rings is 1. The minimum Gasteiger partial charge on any atom is -0.496 e. The molecule has 27 heavy (non-hydrogen) atoms. The van der Waals surface area contributed by atoms with Crippen molar-refractivity contribution in [2.24, 2.45) is 0 Å². The molecule has 5 nitrogen and oxygen atoms in total. The van der Waals surface area contributed by atoms with Crippen molar-refractivity contribution >= 4 is 58.1 Å². The van der Waals surface area contributed by atoms with E-state index in [0.717, 1.165) is 0 Å². The van der Waals surface area contributed by atoms with E-state index >= 15 is 0 Å². The Balaban J connectivity index is 0.00000261. The molecule has 0 aliphatic heterocycles. The fourth-order valence-electron chi connectivity index (χ4n) is 2.74. The van der Waals surface area contributed by atoms with Gasteiger partial charge in [-0.05, 0) is 31.2 Å². The van der Waals surface area contributed by atoms with Crippen molar-refractivity contribution in [3.05, 3.63) is 63.8 Å². The van der Waals surface area contributed by atoms with Crippen LogP contribution in [0.2, 0.25) is 10.0 Å². The number of halogens is 3. The molecule has 0 fully saturated rings. The van der Waals surface area contributed by atoms with Crippen molar-refractivity contribution in [1.29, 1.82) is 0 Å². The number of rotatable bonds is 4. The quantitative estimate of drug-likeness (QED) is 0.594. The van der Waals surface area contributed by atoms with E-state index in [-0.39, 0.29) is 28.0 Å². The molecule has 2 N–H and O–H groups in total. The van der Waals surface area contributed by atoms with Gasteiger partial charge < -0.3 is 15.2 Å². The van der Waals surface area contributed by atoms with Gasteiger partial charge in [-0.2, -0.15) is 0 Å². The number of carbonyl (C=O) groups excluding carboxylic acids is 1. The molecule has 1 aromatic heterocycles. The Labute approximate surface area is 172 Å². The van der Waals surface area contributed by atoms with Crippen LogP contribution in [0.5, 0.6) is 5.75 Å². The Morgan fingerprint density at radius 2 is 1.81 bits per heavy atom. The number of carbonyl (C=O) groups is 1. The summed E-state index contributed by atoms with van der Waals surface area (Å²) in [4.78, 5) is 17.0. The van der Waals surface area contributed by atoms with Crippen molar-refractivity contribution in [2.45, 2.75) is 13.0 Å². The molecule has 1 unspecified atom stereocenters. The summed E-state index contributed by atoms with van der Waals surface area (Å²) in [7, 11) is 1.52. The van der Waals surface area contributed by atoms with Gasteiger partial charge in [0.15, 0.2) is 0 Å². The molecule has 1 heterocycles. The van der Waals surface area contributed by atoms with Crippen molar-refractivity contribution in [2.75, 3.05) is 12.4 Å². The summed E-state index contributed by atoms with van der Waals surface area (Å²) in [6.07, 6.45) is 0.797. The average molecular weight is 428 g/mol. The highest BCUT2D eigenvalue weighted by Crippen LogP contribution is 2.35. The first-order valence-electron chi connectivity index (χ1n) is 7.83. The molecule has 1 atom stereocenters. The minimum atomic E-state index is -0.734. The zero-order valence-corrected chi connectivity index (χ0v) is 16.8. The largest absolute Gasteiger partial charge is 0.496 e. The van der Waals surface area contributed by atoms with Crippen LogP contribution in [0.4, 0.5) is 5.69 Å². The molecule has 0 saturated heterocycles. The maximum Gasteiger partial charge on any atom is 0.258 e.